The highest BCUT2D eigenvalue weighted by Gasteiger charge is 2.06. The summed E-state index contributed by atoms with van der Waals surface area (Å²) in [7, 11) is 0.593. The lowest BCUT2D eigenvalue weighted by molar-refractivity contribution is -0.108. The van der Waals surface area contributed by atoms with E-state index in [1.54, 1.807) is 0 Å². The summed E-state index contributed by atoms with van der Waals surface area (Å²) in [5.74, 6) is 0. The van der Waals surface area contributed by atoms with E-state index in [0.29, 0.717) is 14.7 Å². The molecule has 16 heavy (non-hydrogen) atoms. The number of carbonyl (C=O) groups is 1. The first kappa shape index (κ1) is 16.3. The lowest BCUT2D eigenvalue weighted by Crippen LogP contribution is -2.08. The van der Waals surface area contributed by atoms with Crippen LogP contribution in [0.4, 0.5) is 0 Å². The van der Waals surface area contributed by atoms with Gasteiger partial charge >= 0.3 is 0 Å². The van der Waals surface area contributed by atoms with Crippen LogP contribution in [0.15, 0.2) is 18.2 Å². The Kier molecular flexibility index (Phi) is 8.53. The van der Waals surface area contributed by atoms with E-state index < -0.39 is 0 Å². The summed E-state index contributed by atoms with van der Waals surface area (Å²) >= 11 is 2.98. The highest BCUT2D eigenvalue weighted by molar-refractivity contribution is 9.18. The molecular formula is C12H17Br2OP. The van der Waals surface area contributed by atoms with Gasteiger partial charge in [0.2, 0.25) is 4.69 Å². The molecule has 90 valence electrons. The largest absolute Gasteiger partial charge is 0.286 e. The van der Waals surface area contributed by atoms with Crippen molar-refractivity contribution in [1.82, 2.24) is 0 Å². The molecule has 1 unspecified atom stereocenters. The molecule has 0 bridgehead atoms. The van der Waals surface area contributed by atoms with Gasteiger partial charge in [-0.1, -0.05) is 40.6 Å². The smallest absolute Gasteiger partial charge is 0.202 e. The third-order valence-corrected chi connectivity index (χ3v) is 4.57. The van der Waals surface area contributed by atoms with Crippen LogP contribution >= 0.6 is 41.5 Å². The number of halogens is 2. The van der Waals surface area contributed by atoms with Crippen molar-refractivity contribution in [2.45, 2.75) is 26.7 Å². The zero-order chi connectivity index (χ0) is 11.3. The van der Waals surface area contributed by atoms with Gasteiger partial charge in [0.05, 0.1) is 0 Å². The molecule has 0 aliphatic heterocycles. The van der Waals surface area contributed by atoms with Crippen molar-refractivity contribution in [3.63, 3.8) is 0 Å². The summed E-state index contributed by atoms with van der Waals surface area (Å²) in [5.41, 5.74) is 2.86. The maximum Gasteiger partial charge on any atom is 0.202 e. The Hall–Kier alpha value is 0.280. The Morgan fingerprint density at radius 1 is 1.31 bits per heavy atom. The fraction of sp³-hybridized carbons (Fsp3) is 0.417. The molecule has 1 atom stereocenters. The first-order valence-electron chi connectivity index (χ1n) is 5.22. The van der Waals surface area contributed by atoms with Crippen LogP contribution in [0.2, 0.25) is 0 Å². The van der Waals surface area contributed by atoms with Crippen molar-refractivity contribution in [3.8, 4) is 0 Å². The van der Waals surface area contributed by atoms with Crippen molar-refractivity contribution >= 4 is 51.5 Å². The van der Waals surface area contributed by atoms with E-state index in [4.69, 9.17) is 0 Å². The van der Waals surface area contributed by atoms with Crippen LogP contribution in [0, 0.1) is 0 Å². The van der Waals surface area contributed by atoms with E-state index in [0.717, 1.165) is 12.8 Å². The summed E-state index contributed by atoms with van der Waals surface area (Å²) < 4.78 is 0.102. The number of carbonyl (C=O) groups excluding carboxylic acids is 1. The molecule has 0 aliphatic rings. The molecule has 0 aromatic heterocycles. The first-order valence-corrected chi connectivity index (χ1v) is 7.22. The maximum atomic E-state index is 10.9. The average Bonchev–Trinajstić information content (AvgIpc) is 2.25. The molecule has 0 radical (unpaired) electrons. The lowest BCUT2D eigenvalue weighted by atomic mass is 10.0. The van der Waals surface area contributed by atoms with Gasteiger partial charge in [0.25, 0.3) is 0 Å². The molecule has 0 amide bonds. The zero-order valence-corrected chi connectivity index (χ0v) is 13.8. The fourth-order valence-corrected chi connectivity index (χ4v) is 3.23. The van der Waals surface area contributed by atoms with Crippen LogP contribution in [-0.2, 0) is 17.6 Å². The molecule has 0 spiro atoms. The topological polar surface area (TPSA) is 17.1 Å². The maximum absolute atomic E-state index is 10.9. The molecule has 1 aromatic carbocycles. The van der Waals surface area contributed by atoms with Crippen molar-refractivity contribution in [2.24, 2.45) is 0 Å². The third-order valence-electron chi connectivity index (χ3n) is 2.43. The Morgan fingerprint density at radius 3 is 2.50 bits per heavy atom. The molecular weight excluding hydrogens is 351 g/mol. The normalized spacial score (nSPS) is 10.4. The quantitative estimate of drug-likeness (QED) is 0.573. The summed E-state index contributed by atoms with van der Waals surface area (Å²) in [6.45, 7) is 4.36. The molecule has 0 fully saturated rings. The van der Waals surface area contributed by atoms with Gasteiger partial charge in [-0.05, 0) is 45.2 Å². The minimum Gasteiger partial charge on any atom is -0.286 e. The van der Waals surface area contributed by atoms with Crippen molar-refractivity contribution in [1.29, 1.82) is 0 Å². The number of benzene rings is 1. The van der Waals surface area contributed by atoms with Gasteiger partial charge in [-0.15, -0.1) is 17.0 Å². The van der Waals surface area contributed by atoms with E-state index in [1.165, 1.54) is 16.4 Å². The van der Waals surface area contributed by atoms with Gasteiger partial charge < -0.3 is 0 Å². The summed E-state index contributed by atoms with van der Waals surface area (Å²) in [5, 5.41) is 1.35. The minimum absolute atomic E-state index is 0. The van der Waals surface area contributed by atoms with Crippen molar-refractivity contribution in [2.75, 3.05) is 6.16 Å². The summed E-state index contributed by atoms with van der Waals surface area (Å²) in [6.07, 6.45) is 2.74. The second-order valence-electron chi connectivity index (χ2n) is 3.36. The van der Waals surface area contributed by atoms with Crippen LogP contribution in [0.1, 0.15) is 25.0 Å². The monoisotopic (exact) mass is 366 g/mol. The van der Waals surface area contributed by atoms with E-state index in [-0.39, 0.29) is 21.7 Å². The Balaban J connectivity index is 0.00000225. The van der Waals surface area contributed by atoms with E-state index in [2.05, 4.69) is 48.0 Å². The first-order chi connectivity index (χ1) is 7.19. The highest BCUT2D eigenvalue weighted by atomic mass is 79.9. The van der Waals surface area contributed by atoms with Gasteiger partial charge in [0.15, 0.2) is 0 Å². The van der Waals surface area contributed by atoms with Crippen molar-refractivity contribution in [3.05, 3.63) is 29.3 Å². The molecule has 0 aliphatic carbocycles. The number of rotatable bonds is 5. The van der Waals surface area contributed by atoms with Crippen molar-refractivity contribution < 1.29 is 4.79 Å². The molecule has 1 nitrogen and oxygen atoms in total. The molecule has 4 heteroatoms. The molecule has 0 saturated heterocycles. The standard InChI is InChI=1S/C12H16BrOP.BrH/c1-3-9-6-5-7-11(10(9)4-2)15-8-12(13)14;/h5-7,15H,3-4,8H2,1-2H3;1H. The van der Waals surface area contributed by atoms with Gasteiger partial charge in [-0.3, -0.25) is 4.79 Å². The van der Waals surface area contributed by atoms with Crippen LogP contribution in [0.5, 0.6) is 0 Å². The molecule has 0 saturated carbocycles. The van der Waals surface area contributed by atoms with E-state index in [9.17, 15) is 4.79 Å². The number of hydrogen-bond donors (Lipinski definition) is 0. The van der Waals surface area contributed by atoms with Crippen LogP contribution in [0.3, 0.4) is 0 Å². The summed E-state index contributed by atoms with van der Waals surface area (Å²) in [6, 6.07) is 6.42. The zero-order valence-electron chi connectivity index (χ0n) is 9.55. The predicted octanol–water partition coefficient (Wildman–Crippen LogP) is 3.61. The number of aryl methyl sites for hydroxylation is 1. The van der Waals surface area contributed by atoms with Gasteiger partial charge in [-0.25, -0.2) is 0 Å². The molecule has 1 aromatic rings. The lowest BCUT2D eigenvalue weighted by Gasteiger charge is -2.11. The van der Waals surface area contributed by atoms with Gasteiger partial charge in [0, 0.05) is 6.16 Å². The second kappa shape index (κ2) is 8.38. The minimum atomic E-state index is 0. The van der Waals surface area contributed by atoms with E-state index >= 15 is 0 Å². The summed E-state index contributed by atoms with van der Waals surface area (Å²) in [4.78, 5) is 10.9. The molecule has 0 heterocycles. The number of hydrogen-bond acceptors (Lipinski definition) is 1. The third kappa shape index (κ3) is 4.65. The SMILES string of the molecule is Br.CCc1cccc(PCC(=O)Br)c1CC. The Morgan fingerprint density at radius 2 is 2.00 bits per heavy atom. The van der Waals surface area contributed by atoms with Gasteiger partial charge in [0.1, 0.15) is 0 Å². The molecule has 0 N–H and O–H groups in total. The van der Waals surface area contributed by atoms with E-state index in [1.807, 2.05) is 0 Å². The predicted molar refractivity (Wildman–Crippen MR) is 82.3 cm³/mol. The highest BCUT2D eigenvalue weighted by Crippen LogP contribution is 2.18. The Labute approximate surface area is 118 Å². The van der Waals surface area contributed by atoms with Crippen LogP contribution in [0.25, 0.3) is 0 Å². The second-order valence-corrected chi connectivity index (χ2v) is 5.49. The van der Waals surface area contributed by atoms with Crippen LogP contribution in [-0.4, -0.2) is 10.9 Å². The average molecular weight is 368 g/mol. The van der Waals surface area contributed by atoms with Gasteiger partial charge in [-0.2, -0.15) is 0 Å². The Bertz CT molecular complexity index is 353. The fourth-order valence-electron chi connectivity index (χ4n) is 1.71. The molecule has 1 rings (SSSR count). The van der Waals surface area contributed by atoms with Crippen LogP contribution < -0.4 is 5.30 Å².